The van der Waals surface area contributed by atoms with Gasteiger partial charge in [-0.1, -0.05) is 27.7 Å². The van der Waals surface area contributed by atoms with Crippen LogP contribution in [0.15, 0.2) is 22.7 Å². The van der Waals surface area contributed by atoms with Gasteiger partial charge in [0.1, 0.15) is 11.3 Å². The van der Waals surface area contributed by atoms with Crippen molar-refractivity contribution in [2.75, 3.05) is 0 Å². The second-order valence-electron chi connectivity index (χ2n) is 4.57. The highest BCUT2D eigenvalue weighted by Crippen LogP contribution is 2.29. The number of rotatable bonds is 2. The van der Waals surface area contributed by atoms with Gasteiger partial charge in [-0.25, -0.2) is 0 Å². The zero-order chi connectivity index (χ0) is 11.0. The number of nitrogens with zero attached hydrogens (tertiary/aromatic N) is 1. The molecule has 2 heterocycles. The second-order valence-corrected chi connectivity index (χ2v) is 4.57. The summed E-state index contributed by atoms with van der Waals surface area (Å²) in [6.45, 7) is 8.61. The molecule has 0 saturated heterocycles. The minimum absolute atomic E-state index is 0.416. The van der Waals surface area contributed by atoms with E-state index in [0.717, 1.165) is 16.9 Å². The molecule has 15 heavy (non-hydrogen) atoms. The highest BCUT2D eigenvalue weighted by Gasteiger charge is 2.13. The minimum atomic E-state index is 0.416. The van der Waals surface area contributed by atoms with Crippen molar-refractivity contribution >= 4 is 11.1 Å². The first-order chi connectivity index (χ1) is 7.09. The Morgan fingerprint density at radius 1 is 1.13 bits per heavy atom. The van der Waals surface area contributed by atoms with Gasteiger partial charge < -0.3 is 4.42 Å². The van der Waals surface area contributed by atoms with Crippen LogP contribution in [0.4, 0.5) is 0 Å². The maximum Gasteiger partial charge on any atom is 0.156 e. The third-order valence-electron chi connectivity index (χ3n) is 2.65. The lowest BCUT2D eigenvalue weighted by molar-refractivity contribution is 0.517. The van der Waals surface area contributed by atoms with E-state index in [1.165, 1.54) is 5.56 Å². The summed E-state index contributed by atoms with van der Waals surface area (Å²) in [5, 5.41) is 0. The molecule has 0 bridgehead atoms. The maximum absolute atomic E-state index is 5.86. The number of furan rings is 1. The monoisotopic (exact) mass is 203 g/mol. The van der Waals surface area contributed by atoms with E-state index in [1.54, 1.807) is 0 Å². The Labute approximate surface area is 90.3 Å². The Balaban J connectivity index is 2.64. The fourth-order valence-electron chi connectivity index (χ4n) is 1.72. The van der Waals surface area contributed by atoms with Gasteiger partial charge in [0.25, 0.3) is 0 Å². The molecule has 0 spiro atoms. The Morgan fingerprint density at radius 2 is 1.87 bits per heavy atom. The molecule has 80 valence electrons. The van der Waals surface area contributed by atoms with Crippen molar-refractivity contribution in [3.8, 4) is 0 Å². The average molecular weight is 203 g/mol. The van der Waals surface area contributed by atoms with Crippen LogP contribution in [-0.4, -0.2) is 4.98 Å². The number of hydrogen-bond donors (Lipinski definition) is 0. The molecule has 2 nitrogen and oxygen atoms in total. The summed E-state index contributed by atoms with van der Waals surface area (Å²) in [5.41, 5.74) is 3.17. The van der Waals surface area contributed by atoms with E-state index in [1.807, 2.05) is 18.3 Å². The first-order valence-corrected chi connectivity index (χ1v) is 5.48. The van der Waals surface area contributed by atoms with Crippen LogP contribution < -0.4 is 0 Å². The van der Waals surface area contributed by atoms with E-state index >= 15 is 0 Å². The van der Waals surface area contributed by atoms with Gasteiger partial charge in [-0.15, -0.1) is 0 Å². The summed E-state index contributed by atoms with van der Waals surface area (Å²) >= 11 is 0. The first kappa shape index (κ1) is 10.2. The molecule has 0 aliphatic carbocycles. The van der Waals surface area contributed by atoms with Crippen molar-refractivity contribution < 1.29 is 4.42 Å². The van der Waals surface area contributed by atoms with Crippen LogP contribution in [0.3, 0.4) is 0 Å². The molecule has 0 unspecified atom stereocenters. The third-order valence-corrected chi connectivity index (χ3v) is 2.65. The van der Waals surface area contributed by atoms with Crippen LogP contribution in [0.2, 0.25) is 0 Å². The first-order valence-electron chi connectivity index (χ1n) is 5.48. The van der Waals surface area contributed by atoms with Crippen LogP contribution in [-0.2, 0) is 0 Å². The molecule has 0 radical (unpaired) electrons. The molecule has 0 amide bonds. The molecular formula is C13H17NO. The largest absolute Gasteiger partial charge is 0.459 e. The normalized spacial score (nSPS) is 11.9. The van der Waals surface area contributed by atoms with Gasteiger partial charge in [0.15, 0.2) is 5.58 Å². The quantitative estimate of drug-likeness (QED) is 0.735. The summed E-state index contributed by atoms with van der Waals surface area (Å²) in [6, 6.07) is 4.09. The molecule has 0 aliphatic rings. The van der Waals surface area contributed by atoms with Crippen molar-refractivity contribution in [3.05, 3.63) is 29.7 Å². The van der Waals surface area contributed by atoms with Crippen molar-refractivity contribution in [1.29, 1.82) is 0 Å². The third kappa shape index (κ3) is 1.76. The van der Waals surface area contributed by atoms with Crippen molar-refractivity contribution in [1.82, 2.24) is 4.98 Å². The van der Waals surface area contributed by atoms with Gasteiger partial charge in [0.05, 0.1) is 0 Å². The molecule has 2 aromatic rings. The van der Waals surface area contributed by atoms with E-state index < -0.39 is 0 Å². The van der Waals surface area contributed by atoms with Crippen LogP contribution in [0.5, 0.6) is 0 Å². The fraction of sp³-hybridized carbons (Fsp3) is 0.462. The molecule has 2 heteroatoms. The zero-order valence-corrected chi connectivity index (χ0v) is 9.74. The molecule has 0 aliphatic heterocycles. The lowest BCUT2D eigenvalue weighted by Gasteiger charge is -2.04. The summed E-state index contributed by atoms with van der Waals surface area (Å²) in [5.74, 6) is 1.91. The maximum atomic E-state index is 5.86. The summed E-state index contributed by atoms with van der Waals surface area (Å²) < 4.78 is 5.86. The number of hydrogen-bond acceptors (Lipinski definition) is 2. The molecule has 2 rings (SSSR count). The van der Waals surface area contributed by atoms with Gasteiger partial charge in [0, 0.05) is 23.7 Å². The summed E-state index contributed by atoms with van der Waals surface area (Å²) in [7, 11) is 0. The average Bonchev–Trinajstić information content (AvgIpc) is 2.60. The van der Waals surface area contributed by atoms with E-state index in [4.69, 9.17) is 4.42 Å². The molecule has 0 atom stereocenters. The van der Waals surface area contributed by atoms with Gasteiger partial charge in [-0.05, 0) is 12.0 Å². The zero-order valence-electron chi connectivity index (χ0n) is 9.74. The molecule has 0 N–H and O–H groups in total. The van der Waals surface area contributed by atoms with Crippen molar-refractivity contribution in [2.45, 2.75) is 39.5 Å². The van der Waals surface area contributed by atoms with Crippen molar-refractivity contribution in [3.63, 3.8) is 0 Å². The molecule has 0 fully saturated rings. The number of fused-ring (bicyclic) bond motifs is 1. The lowest BCUT2D eigenvalue weighted by atomic mass is 10.0. The predicted molar refractivity (Wildman–Crippen MR) is 62.2 cm³/mol. The Bertz CT molecular complexity index is 468. The van der Waals surface area contributed by atoms with E-state index in [9.17, 15) is 0 Å². The van der Waals surface area contributed by atoms with Gasteiger partial charge in [-0.2, -0.15) is 0 Å². The van der Waals surface area contributed by atoms with Gasteiger partial charge in [0.2, 0.25) is 0 Å². The predicted octanol–water partition coefficient (Wildman–Crippen LogP) is 4.07. The smallest absolute Gasteiger partial charge is 0.156 e. The molecule has 2 aromatic heterocycles. The Kier molecular flexibility index (Phi) is 2.51. The van der Waals surface area contributed by atoms with Crippen LogP contribution in [0.25, 0.3) is 11.1 Å². The topological polar surface area (TPSA) is 26.0 Å². The minimum Gasteiger partial charge on any atom is -0.459 e. The summed E-state index contributed by atoms with van der Waals surface area (Å²) in [4.78, 5) is 4.33. The second kappa shape index (κ2) is 3.69. The van der Waals surface area contributed by atoms with Gasteiger partial charge >= 0.3 is 0 Å². The van der Waals surface area contributed by atoms with E-state index in [2.05, 4.69) is 32.7 Å². The van der Waals surface area contributed by atoms with E-state index in [-0.39, 0.29) is 0 Å². The van der Waals surface area contributed by atoms with E-state index in [0.29, 0.717) is 11.8 Å². The van der Waals surface area contributed by atoms with Crippen molar-refractivity contribution in [2.24, 2.45) is 0 Å². The number of pyridine rings is 1. The van der Waals surface area contributed by atoms with Crippen LogP contribution >= 0.6 is 0 Å². The molecule has 0 saturated carbocycles. The lowest BCUT2D eigenvalue weighted by Crippen LogP contribution is -1.88. The standard InChI is InChI=1S/C13H17NO/c1-8(2)10-5-6-14-11-7-12(9(3)4)15-13(10)11/h5-9H,1-4H3. The number of aromatic nitrogens is 1. The van der Waals surface area contributed by atoms with Crippen LogP contribution in [0, 0.1) is 0 Å². The SMILES string of the molecule is CC(C)c1cc2nccc(C(C)C)c2o1. The highest BCUT2D eigenvalue weighted by atomic mass is 16.3. The van der Waals surface area contributed by atoms with Crippen LogP contribution in [0.1, 0.15) is 50.9 Å². The Morgan fingerprint density at radius 3 is 2.47 bits per heavy atom. The Hall–Kier alpha value is -1.31. The molecular weight excluding hydrogens is 186 g/mol. The fourth-order valence-corrected chi connectivity index (χ4v) is 1.72. The highest BCUT2D eigenvalue weighted by molar-refractivity contribution is 5.77. The summed E-state index contributed by atoms with van der Waals surface area (Å²) in [6.07, 6.45) is 1.86. The molecule has 0 aromatic carbocycles. The van der Waals surface area contributed by atoms with Gasteiger partial charge in [-0.3, -0.25) is 4.98 Å².